The Hall–Kier alpha value is 6.88. The zero-order chi connectivity index (χ0) is 0. The molecule has 0 aromatic rings. The zero-order valence-electron chi connectivity index (χ0n) is 4.76. The van der Waals surface area contributed by atoms with Crippen molar-refractivity contribution < 1.29 is 142 Å². The van der Waals surface area contributed by atoms with Crippen LogP contribution in [0.4, 0.5) is 0 Å². The summed E-state index contributed by atoms with van der Waals surface area (Å²) in [7, 11) is 0. The van der Waals surface area contributed by atoms with Crippen molar-refractivity contribution >= 4 is 81.0 Å². The Labute approximate surface area is 217 Å². The van der Waals surface area contributed by atoms with Crippen LogP contribution in [0.25, 0.3) is 0 Å². The summed E-state index contributed by atoms with van der Waals surface area (Å²) in [5, 5.41) is 0. The summed E-state index contributed by atoms with van der Waals surface area (Å²) >= 11 is 0. The first-order valence-corrected chi connectivity index (χ1v) is 0. The average Bonchev–Trinajstić information content (AvgIpc) is 0. The SMILES string of the molecule is [La+3].[La+3].[La+3].[La+3].[S-2].[S-2].[S-2].[S-2].[S-2].[S-2]. The molecular weight excluding hydrogens is 748 g/mol. The predicted octanol–water partition coefficient (Wildman–Crippen LogP) is -0.0144. The van der Waals surface area contributed by atoms with Gasteiger partial charge in [0.05, 0.1) is 0 Å². The molecule has 0 N–H and O–H groups in total. The quantitative estimate of drug-likeness (QED) is 0.328. The van der Waals surface area contributed by atoms with Gasteiger partial charge in [0.25, 0.3) is 0 Å². The fourth-order valence-corrected chi connectivity index (χ4v) is 0. The van der Waals surface area contributed by atoms with Crippen molar-refractivity contribution in [2.24, 2.45) is 0 Å². The van der Waals surface area contributed by atoms with Gasteiger partial charge in [-0.15, -0.1) is 0 Å². The monoisotopic (exact) mass is 747 g/mol. The molecule has 0 bridgehead atoms. The smallest absolute Gasteiger partial charge is 2.00 e. The van der Waals surface area contributed by atoms with Gasteiger partial charge in [-0.05, 0) is 0 Å². The van der Waals surface area contributed by atoms with Crippen LogP contribution in [-0.4, -0.2) is 0 Å². The molecule has 0 aromatic carbocycles. The van der Waals surface area contributed by atoms with E-state index < -0.39 is 0 Å². The van der Waals surface area contributed by atoms with Crippen LogP contribution in [0.5, 0.6) is 0 Å². The van der Waals surface area contributed by atoms with E-state index in [0.29, 0.717) is 0 Å². The topological polar surface area (TPSA) is 0 Å². The molecular formula is La4S6. The number of hydrogen-bond donors (Lipinski definition) is 0. The van der Waals surface area contributed by atoms with Crippen LogP contribution in [0, 0.1) is 142 Å². The van der Waals surface area contributed by atoms with Gasteiger partial charge in [0.2, 0.25) is 0 Å². The van der Waals surface area contributed by atoms with E-state index in [9.17, 15) is 0 Å². The maximum absolute atomic E-state index is 0. The van der Waals surface area contributed by atoms with Crippen LogP contribution in [0.1, 0.15) is 0 Å². The second-order valence-corrected chi connectivity index (χ2v) is 0. The van der Waals surface area contributed by atoms with Gasteiger partial charge in [-0.3, -0.25) is 0 Å². The molecule has 10 heteroatoms. The van der Waals surface area contributed by atoms with Gasteiger partial charge < -0.3 is 81.0 Å². The normalized spacial score (nSPS) is 0. The molecule has 0 nitrogen and oxygen atoms in total. The molecule has 0 rings (SSSR count). The zero-order valence-corrected chi connectivity index (χ0v) is 24.2. The van der Waals surface area contributed by atoms with E-state index in [0.717, 1.165) is 0 Å². The van der Waals surface area contributed by atoms with E-state index in [2.05, 4.69) is 0 Å². The molecule has 48 valence electrons. The average molecular weight is 748 g/mol. The van der Waals surface area contributed by atoms with E-state index in [1.54, 1.807) is 0 Å². The third kappa shape index (κ3) is 60.6. The minimum Gasteiger partial charge on any atom is -2.00 e. The van der Waals surface area contributed by atoms with Crippen LogP contribution in [0.3, 0.4) is 0 Å². The van der Waals surface area contributed by atoms with Gasteiger partial charge in [-0.1, -0.05) is 0 Å². The van der Waals surface area contributed by atoms with Crippen molar-refractivity contribution in [3.05, 3.63) is 0 Å². The van der Waals surface area contributed by atoms with Crippen LogP contribution in [-0.2, 0) is 81.0 Å². The Bertz CT molecular complexity index is 9.71. The molecule has 0 atom stereocenters. The van der Waals surface area contributed by atoms with E-state index in [-0.39, 0.29) is 223 Å². The molecule has 0 aliphatic carbocycles. The molecule has 0 heterocycles. The first-order valence-electron chi connectivity index (χ1n) is 0. The predicted molar refractivity (Wildman–Crippen MR) is 44.2 cm³/mol. The Morgan fingerprint density at radius 1 is 0.200 bits per heavy atom. The van der Waals surface area contributed by atoms with Gasteiger partial charge >= 0.3 is 142 Å². The van der Waals surface area contributed by atoms with E-state index in [4.69, 9.17) is 0 Å². The fraction of sp³-hybridized carbons (Fsp3) is 0. The summed E-state index contributed by atoms with van der Waals surface area (Å²) < 4.78 is 0. The summed E-state index contributed by atoms with van der Waals surface area (Å²) in [5.41, 5.74) is 0. The van der Waals surface area contributed by atoms with E-state index >= 15 is 0 Å². The molecule has 0 aliphatic rings. The maximum atomic E-state index is 0. The van der Waals surface area contributed by atoms with Crippen LogP contribution >= 0.6 is 0 Å². The first kappa shape index (κ1) is 89.9. The second kappa shape index (κ2) is 74.3. The Balaban J connectivity index is 0. The molecule has 10 heavy (non-hydrogen) atoms. The second-order valence-electron chi connectivity index (χ2n) is 0. The summed E-state index contributed by atoms with van der Waals surface area (Å²) in [6.45, 7) is 0. The molecule has 0 aliphatic heterocycles. The summed E-state index contributed by atoms with van der Waals surface area (Å²) in [4.78, 5) is 0. The number of rotatable bonds is 0. The van der Waals surface area contributed by atoms with Crippen molar-refractivity contribution in [3.8, 4) is 0 Å². The molecule has 0 saturated heterocycles. The van der Waals surface area contributed by atoms with E-state index in [1.165, 1.54) is 0 Å². The Kier molecular flexibility index (Phi) is 668. The summed E-state index contributed by atoms with van der Waals surface area (Å²) in [6.07, 6.45) is 0. The van der Waals surface area contributed by atoms with Gasteiger partial charge in [-0.25, -0.2) is 0 Å². The van der Waals surface area contributed by atoms with Crippen molar-refractivity contribution in [2.75, 3.05) is 0 Å². The minimum atomic E-state index is 0. The molecule has 0 radical (unpaired) electrons. The third-order valence-electron chi connectivity index (χ3n) is 0. The van der Waals surface area contributed by atoms with Gasteiger partial charge in [-0.2, -0.15) is 0 Å². The molecule has 0 spiro atoms. The van der Waals surface area contributed by atoms with Gasteiger partial charge in [0.15, 0.2) is 0 Å². The standard InChI is InChI=1S/4La.6S/q4*+3;6*-2. The number of hydrogen-bond acceptors (Lipinski definition) is 0. The molecule has 0 aromatic heterocycles. The van der Waals surface area contributed by atoms with Crippen molar-refractivity contribution in [2.45, 2.75) is 0 Å². The van der Waals surface area contributed by atoms with Crippen molar-refractivity contribution in [1.29, 1.82) is 0 Å². The largest absolute Gasteiger partial charge is 3.00 e. The maximum Gasteiger partial charge on any atom is 3.00 e. The minimum absolute atomic E-state index is 0. The van der Waals surface area contributed by atoms with Crippen molar-refractivity contribution in [1.82, 2.24) is 0 Å². The molecule has 0 unspecified atom stereocenters. The Morgan fingerprint density at radius 2 is 0.200 bits per heavy atom. The molecule has 0 fully saturated rings. The third-order valence-corrected chi connectivity index (χ3v) is 0. The summed E-state index contributed by atoms with van der Waals surface area (Å²) in [6, 6.07) is 0. The van der Waals surface area contributed by atoms with Crippen LogP contribution < -0.4 is 0 Å². The molecule has 0 saturated carbocycles. The van der Waals surface area contributed by atoms with Gasteiger partial charge in [0.1, 0.15) is 0 Å². The van der Waals surface area contributed by atoms with Gasteiger partial charge in [0, 0.05) is 0 Å². The van der Waals surface area contributed by atoms with Crippen molar-refractivity contribution in [3.63, 3.8) is 0 Å². The summed E-state index contributed by atoms with van der Waals surface area (Å²) in [5.74, 6) is 0. The Morgan fingerprint density at radius 3 is 0.200 bits per heavy atom. The van der Waals surface area contributed by atoms with E-state index in [1.807, 2.05) is 0 Å². The van der Waals surface area contributed by atoms with Crippen LogP contribution in [0.2, 0.25) is 0 Å². The fourth-order valence-electron chi connectivity index (χ4n) is 0. The first-order chi connectivity index (χ1) is 0. The molecule has 0 amide bonds. The van der Waals surface area contributed by atoms with Crippen LogP contribution in [0.15, 0.2) is 0 Å².